The van der Waals surface area contributed by atoms with Crippen LogP contribution in [-0.2, 0) is 0 Å². The number of aryl methyl sites for hydroxylation is 1. The molecule has 116 valence electrons. The van der Waals surface area contributed by atoms with Crippen molar-refractivity contribution < 1.29 is 4.79 Å². The van der Waals surface area contributed by atoms with Gasteiger partial charge in [0.25, 0.3) is 5.91 Å². The van der Waals surface area contributed by atoms with E-state index in [1.807, 2.05) is 60.2 Å². The minimum absolute atomic E-state index is 0.126. The first-order valence-electron chi connectivity index (χ1n) is 7.76. The molecule has 1 saturated heterocycles. The third-order valence-electron chi connectivity index (χ3n) is 4.17. The SMILES string of the molecule is CNCC1CCCN1C(=O)c1ccc(-n2cc(C)cn2)cc1. The van der Waals surface area contributed by atoms with E-state index >= 15 is 0 Å². The van der Waals surface area contributed by atoms with Gasteiger partial charge in [-0.3, -0.25) is 4.79 Å². The molecule has 3 rings (SSSR count). The number of benzene rings is 1. The second-order valence-corrected chi connectivity index (χ2v) is 5.86. The van der Waals surface area contributed by atoms with Crippen molar-refractivity contribution in [1.82, 2.24) is 20.0 Å². The molecule has 0 saturated carbocycles. The van der Waals surface area contributed by atoms with Gasteiger partial charge >= 0.3 is 0 Å². The Morgan fingerprint density at radius 2 is 2.14 bits per heavy atom. The molecule has 0 radical (unpaired) electrons. The number of aromatic nitrogens is 2. The highest BCUT2D eigenvalue weighted by atomic mass is 16.2. The van der Waals surface area contributed by atoms with Gasteiger partial charge in [0.15, 0.2) is 0 Å². The highest BCUT2D eigenvalue weighted by molar-refractivity contribution is 5.94. The van der Waals surface area contributed by atoms with Crippen molar-refractivity contribution in [2.24, 2.45) is 0 Å². The molecule has 1 aromatic carbocycles. The van der Waals surface area contributed by atoms with Crippen LogP contribution in [0.1, 0.15) is 28.8 Å². The molecular formula is C17H22N4O. The molecule has 1 aliphatic heterocycles. The van der Waals surface area contributed by atoms with E-state index in [9.17, 15) is 4.79 Å². The molecule has 2 aromatic rings. The second kappa shape index (κ2) is 6.32. The van der Waals surface area contributed by atoms with E-state index < -0.39 is 0 Å². The van der Waals surface area contributed by atoms with Crippen LogP contribution < -0.4 is 5.32 Å². The number of nitrogens with one attached hydrogen (secondary N) is 1. The van der Waals surface area contributed by atoms with Crippen LogP contribution in [0.15, 0.2) is 36.7 Å². The molecule has 0 spiro atoms. The summed E-state index contributed by atoms with van der Waals surface area (Å²) in [6.45, 7) is 3.72. The second-order valence-electron chi connectivity index (χ2n) is 5.86. The van der Waals surface area contributed by atoms with Gasteiger partial charge in [-0.2, -0.15) is 5.10 Å². The highest BCUT2D eigenvalue weighted by Gasteiger charge is 2.28. The average molecular weight is 298 g/mol. The summed E-state index contributed by atoms with van der Waals surface area (Å²) in [5, 5.41) is 7.46. The fourth-order valence-corrected chi connectivity index (χ4v) is 3.03. The molecule has 0 bridgehead atoms. The zero-order valence-electron chi connectivity index (χ0n) is 13.1. The maximum Gasteiger partial charge on any atom is 0.254 e. The maximum atomic E-state index is 12.7. The Morgan fingerprint density at radius 1 is 1.36 bits per heavy atom. The number of hydrogen-bond acceptors (Lipinski definition) is 3. The largest absolute Gasteiger partial charge is 0.334 e. The van der Waals surface area contributed by atoms with Crippen LogP contribution in [0.25, 0.3) is 5.69 Å². The Kier molecular flexibility index (Phi) is 4.24. The lowest BCUT2D eigenvalue weighted by atomic mass is 10.1. The van der Waals surface area contributed by atoms with Crippen LogP contribution >= 0.6 is 0 Å². The summed E-state index contributed by atoms with van der Waals surface area (Å²) in [6.07, 6.45) is 5.96. The summed E-state index contributed by atoms with van der Waals surface area (Å²) in [6, 6.07) is 7.99. The number of likely N-dealkylation sites (tertiary alicyclic amines) is 1. The Bertz CT molecular complexity index is 647. The van der Waals surface area contributed by atoms with E-state index in [-0.39, 0.29) is 5.91 Å². The first-order chi connectivity index (χ1) is 10.7. The first kappa shape index (κ1) is 14.8. The van der Waals surface area contributed by atoms with Crippen molar-refractivity contribution in [2.45, 2.75) is 25.8 Å². The zero-order chi connectivity index (χ0) is 15.5. The third kappa shape index (κ3) is 2.90. The van der Waals surface area contributed by atoms with Crippen LogP contribution in [0.3, 0.4) is 0 Å². The fraction of sp³-hybridized carbons (Fsp3) is 0.412. The van der Waals surface area contributed by atoms with Crippen LogP contribution in [0.5, 0.6) is 0 Å². The molecule has 1 amide bonds. The maximum absolute atomic E-state index is 12.7. The molecule has 1 fully saturated rings. The number of nitrogens with zero attached hydrogens (tertiary/aromatic N) is 3. The molecule has 1 aromatic heterocycles. The standard InChI is InChI=1S/C17H22N4O/c1-13-10-19-21(12-13)15-7-5-14(6-8-15)17(22)20-9-3-4-16(20)11-18-2/h5-8,10,12,16,18H,3-4,9,11H2,1-2H3. The van der Waals surface area contributed by atoms with E-state index in [4.69, 9.17) is 0 Å². The van der Waals surface area contributed by atoms with E-state index in [1.54, 1.807) is 0 Å². The van der Waals surface area contributed by atoms with Gasteiger partial charge in [0, 0.05) is 30.9 Å². The fourth-order valence-electron chi connectivity index (χ4n) is 3.03. The molecule has 1 N–H and O–H groups in total. The molecule has 22 heavy (non-hydrogen) atoms. The Morgan fingerprint density at radius 3 is 2.77 bits per heavy atom. The molecule has 0 aliphatic carbocycles. The van der Waals surface area contributed by atoms with Gasteiger partial charge in [-0.05, 0) is 56.6 Å². The lowest BCUT2D eigenvalue weighted by molar-refractivity contribution is 0.0737. The van der Waals surface area contributed by atoms with Crippen molar-refractivity contribution in [1.29, 1.82) is 0 Å². The van der Waals surface area contributed by atoms with Gasteiger partial charge < -0.3 is 10.2 Å². The van der Waals surface area contributed by atoms with E-state index in [1.165, 1.54) is 0 Å². The predicted molar refractivity (Wildman–Crippen MR) is 86.3 cm³/mol. The van der Waals surface area contributed by atoms with Crippen molar-refractivity contribution in [2.75, 3.05) is 20.1 Å². The predicted octanol–water partition coefficient (Wildman–Crippen LogP) is 2.00. The van der Waals surface area contributed by atoms with Crippen molar-refractivity contribution in [3.05, 3.63) is 47.8 Å². The number of carbonyl (C=O) groups is 1. The van der Waals surface area contributed by atoms with Gasteiger partial charge in [0.2, 0.25) is 0 Å². The Hall–Kier alpha value is -2.14. The van der Waals surface area contributed by atoms with Gasteiger partial charge in [-0.1, -0.05) is 0 Å². The molecule has 1 atom stereocenters. The average Bonchev–Trinajstić information content (AvgIpc) is 3.16. The van der Waals surface area contributed by atoms with E-state index in [0.29, 0.717) is 6.04 Å². The van der Waals surface area contributed by atoms with Crippen molar-refractivity contribution >= 4 is 5.91 Å². The molecule has 1 aliphatic rings. The molecule has 2 heterocycles. The van der Waals surface area contributed by atoms with Crippen molar-refractivity contribution in [3.63, 3.8) is 0 Å². The zero-order valence-corrected chi connectivity index (χ0v) is 13.1. The third-order valence-corrected chi connectivity index (χ3v) is 4.17. The molecule has 5 nitrogen and oxygen atoms in total. The summed E-state index contributed by atoms with van der Waals surface area (Å²) >= 11 is 0. The van der Waals surface area contributed by atoms with E-state index in [2.05, 4.69) is 10.4 Å². The minimum Gasteiger partial charge on any atom is -0.334 e. The van der Waals surface area contributed by atoms with Gasteiger partial charge in [0.05, 0.1) is 11.9 Å². The van der Waals surface area contributed by atoms with Crippen LogP contribution in [-0.4, -0.2) is 46.8 Å². The van der Waals surface area contributed by atoms with Crippen LogP contribution in [0, 0.1) is 6.92 Å². The smallest absolute Gasteiger partial charge is 0.254 e. The van der Waals surface area contributed by atoms with E-state index in [0.717, 1.165) is 42.7 Å². The van der Waals surface area contributed by atoms with Gasteiger partial charge in [-0.15, -0.1) is 0 Å². The van der Waals surface area contributed by atoms with Gasteiger partial charge in [-0.25, -0.2) is 4.68 Å². The molecule has 5 heteroatoms. The minimum atomic E-state index is 0.126. The summed E-state index contributed by atoms with van der Waals surface area (Å²) < 4.78 is 1.82. The Labute approximate surface area is 130 Å². The summed E-state index contributed by atoms with van der Waals surface area (Å²) in [4.78, 5) is 14.6. The van der Waals surface area contributed by atoms with Crippen molar-refractivity contribution in [3.8, 4) is 5.69 Å². The quantitative estimate of drug-likeness (QED) is 0.939. The number of likely N-dealkylation sites (N-methyl/N-ethyl adjacent to an activating group) is 1. The molecular weight excluding hydrogens is 276 g/mol. The number of hydrogen-bond donors (Lipinski definition) is 1. The number of carbonyl (C=O) groups excluding carboxylic acids is 1. The van der Waals surface area contributed by atoms with Crippen LogP contribution in [0.2, 0.25) is 0 Å². The topological polar surface area (TPSA) is 50.2 Å². The Balaban J connectivity index is 1.76. The first-order valence-corrected chi connectivity index (χ1v) is 7.76. The van der Waals surface area contributed by atoms with Crippen LogP contribution in [0.4, 0.5) is 0 Å². The number of amides is 1. The monoisotopic (exact) mass is 298 g/mol. The molecule has 1 unspecified atom stereocenters. The lowest BCUT2D eigenvalue weighted by Crippen LogP contribution is -2.40. The lowest BCUT2D eigenvalue weighted by Gasteiger charge is -2.24. The van der Waals surface area contributed by atoms with Gasteiger partial charge in [0.1, 0.15) is 0 Å². The summed E-state index contributed by atoms with van der Waals surface area (Å²) in [7, 11) is 1.93. The normalized spacial score (nSPS) is 17.9. The number of rotatable bonds is 4. The summed E-state index contributed by atoms with van der Waals surface area (Å²) in [5.41, 5.74) is 2.83. The summed E-state index contributed by atoms with van der Waals surface area (Å²) in [5.74, 6) is 0.126. The highest BCUT2D eigenvalue weighted by Crippen LogP contribution is 2.20.